The van der Waals surface area contributed by atoms with Gasteiger partial charge in [-0.15, -0.1) is 0 Å². The SMILES string of the molecule is CCOC(=O)c1c(C)[nH]c(C)c1S(=O)(=O)NC1CCCCCC1. The van der Waals surface area contributed by atoms with Crippen LogP contribution < -0.4 is 4.72 Å². The molecule has 0 bridgehead atoms. The molecule has 2 rings (SSSR count). The number of carbonyl (C=O) groups excluding carboxylic acids is 1. The van der Waals surface area contributed by atoms with Gasteiger partial charge in [-0.3, -0.25) is 0 Å². The summed E-state index contributed by atoms with van der Waals surface area (Å²) >= 11 is 0. The summed E-state index contributed by atoms with van der Waals surface area (Å²) in [5.41, 5.74) is 1.10. The van der Waals surface area contributed by atoms with Crippen molar-refractivity contribution in [2.24, 2.45) is 0 Å². The van der Waals surface area contributed by atoms with E-state index in [0.29, 0.717) is 11.4 Å². The van der Waals surface area contributed by atoms with E-state index in [2.05, 4.69) is 9.71 Å². The smallest absolute Gasteiger partial charge is 0.341 e. The highest BCUT2D eigenvalue weighted by Gasteiger charge is 2.31. The van der Waals surface area contributed by atoms with Crippen LogP contribution in [0.2, 0.25) is 0 Å². The molecule has 6 nitrogen and oxygen atoms in total. The first kappa shape index (κ1) is 18.0. The quantitative estimate of drug-likeness (QED) is 0.636. The molecule has 7 heteroatoms. The van der Waals surface area contributed by atoms with E-state index in [1.165, 1.54) is 0 Å². The van der Waals surface area contributed by atoms with Crippen molar-refractivity contribution in [2.45, 2.75) is 70.2 Å². The van der Waals surface area contributed by atoms with Gasteiger partial charge in [-0.25, -0.2) is 17.9 Å². The number of esters is 1. The number of hydrogen-bond donors (Lipinski definition) is 2. The average molecular weight is 342 g/mol. The molecule has 23 heavy (non-hydrogen) atoms. The van der Waals surface area contributed by atoms with Crippen LogP contribution in [0.15, 0.2) is 4.90 Å². The summed E-state index contributed by atoms with van der Waals surface area (Å²) in [6.07, 6.45) is 6.04. The second kappa shape index (κ2) is 7.49. The van der Waals surface area contributed by atoms with Gasteiger partial charge in [0, 0.05) is 17.4 Å². The van der Waals surface area contributed by atoms with Crippen LogP contribution in [0, 0.1) is 13.8 Å². The summed E-state index contributed by atoms with van der Waals surface area (Å²) in [4.78, 5) is 15.1. The third kappa shape index (κ3) is 4.14. The number of carbonyl (C=O) groups is 1. The van der Waals surface area contributed by atoms with Crippen molar-refractivity contribution in [1.82, 2.24) is 9.71 Å². The summed E-state index contributed by atoms with van der Waals surface area (Å²) in [6, 6.07) is -0.0628. The number of sulfonamides is 1. The number of aromatic amines is 1. The molecule has 0 spiro atoms. The molecular weight excluding hydrogens is 316 g/mol. The van der Waals surface area contributed by atoms with Gasteiger partial charge in [0.15, 0.2) is 0 Å². The first-order chi connectivity index (χ1) is 10.9. The molecule has 0 radical (unpaired) electrons. The number of H-pyrrole nitrogens is 1. The first-order valence-electron chi connectivity index (χ1n) is 8.25. The lowest BCUT2D eigenvalue weighted by Gasteiger charge is -2.17. The second-order valence-corrected chi connectivity index (χ2v) is 7.76. The Morgan fingerprint density at radius 2 is 1.78 bits per heavy atom. The standard InChI is InChI=1S/C16H26N2O4S/c1-4-22-16(19)14-11(2)17-12(3)15(14)23(20,21)18-13-9-7-5-6-8-10-13/h13,17-18H,4-10H2,1-3H3. The van der Waals surface area contributed by atoms with Crippen LogP contribution in [0.3, 0.4) is 0 Å². The van der Waals surface area contributed by atoms with E-state index in [4.69, 9.17) is 4.74 Å². The van der Waals surface area contributed by atoms with Crippen molar-refractivity contribution in [3.8, 4) is 0 Å². The predicted molar refractivity (Wildman–Crippen MR) is 88.0 cm³/mol. The first-order valence-corrected chi connectivity index (χ1v) is 9.73. The third-order valence-corrected chi connectivity index (χ3v) is 5.93. The van der Waals surface area contributed by atoms with Gasteiger partial charge in [-0.1, -0.05) is 25.7 Å². The molecule has 0 unspecified atom stereocenters. The molecule has 0 atom stereocenters. The zero-order valence-electron chi connectivity index (χ0n) is 14.1. The summed E-state index contributed by atoms with van der Waals surface area (Å²) in [5, 5.41) is 0. The molecule has 2 N–H and O–H groups in total. The summed E-state index contributed by atoms with van der Waals surface area (Å²) < 4.78 is 33.5. The molecule has 1 heterocycles. The van der Waals surface area contributed by atoms with Crippen LogP contribution >= 0.6 is 0 Å². The molecule has 1 aliphatic carbocycles. The van der Waals surface area contributed by atoms with E-state index in [1.54, 1.807) is 20.8 Å². The van der Waals surface area contributed by atoms with Gasteiger partial charge in [-0.05, 0) is 33.6 Å². The van der Waals surface area contributed by atoms with E-state index in [0.717, 1.165) is 38.5 Å². The fraction of sp³-hybridized carbons (Fsp3) is 0.688. The number of aryl methyl sites for hydroxylation is 2. The maximum atomic E-state index is 12.8. The Hall–Kier alpha value is -1.34. The monoisotopic (exact) mass is 342 g/mol. The summed E-state index contributed by atoms with van der Waals surface area (Å²) in [5.74, 6) is -0.601. The highest BCUT2D eigenvalue weighted by molar-refractivity contribution is 7.89. The predicted octanol–water partition coefficient (Wildman–Crippen LogP) is 2.81. The molecule has 1 aromatic heterocycles. The molecule has 0 aliphatic heterocycles. The van der Waals surface area contributed by atoms with Crippen LogP contribution in [-0.4, -0.2) is 32.0 Å². The Labute approximate surface area is 138 Å². The van der Waals surface area contributed by atoms with Crippen molar-refractivity contribution in [2.75, 3.05) is 6.61 Å². The van der Waals surface area contributed by atoms with Crippen molar-refractivity contribution in [3.63, 3.8) is 0 Å². The highest BCUT2D eigenvalue weighted by Crippen LogP contribution is 2.26. The van der Waals surface area contributed by atoms with E-state index < -0.39 is 16.0 Å². The maximum Gasteiger partial charge on any atom is 0.341 e. The van der Waals surface area contributed by atoms with Gasteiger partial charge >= 0.3 is 5.97 Å². The number of aromatic nitrogens is 1. The second-order valence-electron chi connectivity index (χ2n) is 6.11. The van der Waals surface area contributed by atoms with Crippen LogP contribution in [0.5, 0.6) is 0 Å². The third-order valence-electron chi connectivity index (χ3n) is 4.24. The minimum Gasteiger partial charge on any atom is -0.462 e. The zero-order valence-corrected chi connectivity index (χ0v) is 14.9. The molecule has 1 aromatic rings. The summed E-state index contributed by atoms with van der Waals surface area (Å²) in [7, 11) is -3.76. The Bertz CT molecular complexity index is 656. The van der Waals surface area contributed by atoms with Crippen molar-refractivity contribution in [1.29, 1.82) is 0 Å². The molecule has 130 valence electrons. The van der Waals surface area contributed by atoms with Crippen molar-refractivity contribution in [3.05, 3.63) is 17.0 Å². The number of ether oxygens (including phenoxy) is 1. The lowest BCUT2D eigenvalue weighted by molar-refractivity contribution is 0.0521. The fourth-order valence-corrected chi connectivity index (χ4v) is 4.97. The van der Waals surface area contributed by atoms with Gasteiger partial charge in [0.05, 0.1) is 6.61 Å². The molecular formula is C16H26N2O4S. The van der Waals surface area contributed by atoms with Gasteiger partial charge in [0.1, 0.15) is 10.5 Å². The normalized spacial score (nSPS) is 17.0. The van der Waals surface area contributed by atoms with Crippen molar-refractivity contribution >= 4 is 16.0 Å². The molecule has 1 aliphatic rings. The lowest BCUT2D eigenvalue weighted by atomic mass is 10.1. The number of nitrogens with one attached hydrogen (secondary N) is 2. The fourth-order valence-electron chi connectivity index (χ4n) is 3.22. The highest BCUT2D eigenvalue weighted by atomic mass is 32.2. The Morgan fingerprint density at radius 3 is 2.35 bits per heavy atom. The van der Waals surface area contributed by atoms with Crippen LogP contribution in [-0.2, 0) is 14.8 Å². The zero-order chi connectivity index (χ0) is 17.0. The van der Waals surface area contributed by atoms with E-state index in [9.17, 15) is 13.2 Å². The average Bonchev–Trinajstić information content (AvgIpc) is 2.63. The van der Waals surface area contributed by atoms with Crippen LogP contribution in [0.4, 0.5) is 0 Å². The van der Waals surface area contributed by atoms with Crippen LogP contribution in [0.25, 0.3) is 0 Å². The Balaban J connectivity index is 2.33. The van der Waals surface area contributed by atoms with Crippen molar-refractivity contribution < 1.29 is 17.9 Å². The Morgan fingerprint density at radius 1 is 1.17 bits per heavy atom. The topological polar surface area (TPSA) is 88.3 Å². The molecule has 0 aromatic carbocycles. The number of hydrogen-bond acceptors (Lipinski definition) is 4. The molecule has 0 saturated heterocycles. The van der Waals surface area contributed by atoms with Gasteiger partial charge in [-0.2, -0.15) is 0 Å². The van der Waals surface area contributed by atoms with Gasteiger partial charge in [0.25, 0.3) is 0 Å². The minimum atomic E-state index is -3.76. The van der Waals surface area contributed by atoms with Gasteiger partial charge < -0.3 is 9.72 Å². The van der Waals surface area contributed by atoms with Crippen LogP contribution in [0.1, 0.15) is 67.2 Å². The largest absolute Gasteiger partial charge is 0.462 e. The van der Waals surface area contributed by atoms with E-state index >= 15 is 0 Å². The lowest BCUT2D eigenvalue weighted by Crippen LogP contribution is -2.35. The molecule has 0 amide bonds. The summed E-state index contributed by atoms with van der Waals surface area (Å²) in [6.45, 7) is 5.25. The number of rotatable bonds is 5. The van der Waals surface area contributed by atoms with E-state index in [-0.39, 0.29) is 23.1 Å². The van der Waals surface area contributed by atoms with Gasteiger partial charge in [0.2, 0.25) is 10.0 Å². The molecule has 1 saturated carbocycles. The van der Waals surface area contributed by atoms with E-state index in [1.807, 2.05) is 0 Å². The Kier molecular flexibility index (Phi) is 5.86. The molecule has 1 fully saturated rings. The minimum absolute atomic E-state index is 0.0256. The maximum absolute atomic E-state index is 12.8.